The number of rotatable bonds is 1. The van der Waals surface area contributed by atoms with Crippen LogP contribution in [0.2, 0.25) is 0 Å². The monoisotopic (exact) mass is 63.1 g/mol. The first-order valence-corrected chi connectivity index (χ1v) is 1.21. The van der Waals surface area contributed by atoms with Crippen molar-refractivity contribution in [1.29, 1.82) is 0 Å². The van der Waals surface area contributed by atoms with Gasteiger partial charge in [-0.3, -0.25) is 0 Å². The van der Waals surface area contributed by atoms with Crippen molar-refractivity contribution in [3.8, 4) is 0 Å². The van der Waals surface area contributed by atoms with Crippen LogP contribution in [0.5, 0.6) is 0 Å². The lowest BCUT2D eigenvalue weighted by atomic mass is 10.4. The summed E-state index contributed by atoms with van der Waals surface area (Å²) in [6.07, 6.45) is -1.95. The van der Waals surface area contributed by atoms with Crippen molar-refractivity contribution >= 4 is 0 Å². The summed E-state index contributed by atoms with van der Waals surface area (Å²) >= 11 is 0. The average Bonchev–Trinajstić information content (AvgIpc) is 1.14. The van der Waals surface area contributed by atoms with Crippen molar-refractivity contribution in [2.75, 3.05) is 0 Å². The molecule has 0 aliphatic carbocycles. The number of hydrogen-bond donors (Lipinski definition) is 0. The highest BCUT2D eigenvalue weighted by Gasteiger charge is 1.56. The summed E-state index contributed by atoms with van der Waals surface area (Å²) in [6, 6.07) is 0. The van der Waals surface area contributed by atoms with Crippen LogP contribution in [0, 0.1) is 0 Å². The van der Waals surface area contributed by atoms with Crippen molar-refractivity contribution in [1.82, 2.24) is 0 Å². The zero-order chi connectivity index (χ0) is 7.71. The van der Waals surface area contributed by atoms with Crippen LogP contribution >= 0.6 is 0 Å². The van der Waals surface area contributed by atoms with Gasteiger partial charge in [0.05, 0.1) is 0 Å². The Bertz CT molecular complexity index is 74.1. The summed E-state index contributed by atoms with van der Waals surface area (Å²) in [5.74, 6) is 0. The van der Waals surface area contributed by atoms with Gasteiger partial charge in [-0.25, -0.2) is 0 Å². The standard InChI is InChI=1S/C4H10/c1-3-4-2/h3-4H2,1-2H3/i1D3,4D2. The van der Waals surface area contributed by atoms with Gasteiger partial charge in [-0.15, -0.1) is 0 Å². The van der Waals surface area contributed by atoms with E-state index in [0.29, 0.717) is 0 Å². The largest absolute Gasteiger partial charge is 0.0654 e. The number of hydrogen-bond acceptors (Lipinski definition) is 0. The third kappa shape index (κ3) is 2.00. The first-order valence-electron chi connectivity index (χ1n) is 3.71. The van der Waals surface area contributed by atoms with E-state index in [1.807, 2.05) is 0 Å². The second-order valence-electron chi connectivity index (χ2n) is 0.530. The summed E-state index contributed by atoms with van der Waals surface area (Å²) in [4.78, 5) is 0. The Morgan fingerprint density at radius 3 is 3.00 bits per heavy atom. The lowest BCUT2D eigenvalue weighted by Gasteiger charge is -1.68. The molecule has 0 heteroatoms. The fourth-order valence-electron chi connectivity index (χ4n) is 0. The van der Waals surface area contributed by atoms with Crippen LogP contribution in [0.25, 0.3) is 0 Å². The fourth-order valence-corrected chi connectivity index (χ4v) is 0. The minimum atomic E-state index is -2.14. The molecular weight excluding hydrogens is 48.0 g/mol. The first kappa shape index (κ1) is 0.562. The highest BCUT2D eigenvalue weighted by atomic mass is 13.6. The van der Waals surface area contributed by atoms with Gasteiger partial charge in [0.25, 0.3) is 0 Å². The van der Waals surface area contributed by atoms with E-state index in [1.54, 1.807) is 0 Å². The minimum absolute atomic E-state index is 0.375. The third-order valence-corrected chi connectivity index (χ3v) is 0.177. The van der Waals surface area contributed by atoms with Gasteiger partial charge in [-0.05, 0) is 0 Å². The van der Waals surface area contributed by atoms with E-state index >= 15 is 0 Å². The fraction of sp³-hybridized carbons (Fsp3) is 1.00. The van der Waals surface area contributed by atoms with E-state index in [1.165, 1.54) is 6.92 Å². The van der Waals surface area contributed by atoms with Crippen molar-refractivity contribution in [3.05, 3.63) is 0 Å². The van der Waals surface area contributed by atoms with E-state index in [9.17, 15) is 0 Å². The molecule has 4 heavy (non-hydrogen) atoms. The first-order chi connectivity index (χ1) is 3.71. The molecule has 0 aliphatic rings. The summed E-state index contributed by atoms with van der Waals surface area (Å²) in [6.45, 7) is -0.877. The Labute approximate surface area is 34.9 Å². The molecule has 0 heterocycles. The molecule has 0 aromatic rings. The SMILES string of the molecule is [2H]C([2H])([2H])CC([2H])([2H])C. The molecule has 0 amide bonds. The molecule has 0 bridgehead atoms. The zero-order valence-electron chi connectivity index (χ0n) is 7.71. The van der Waals surface area contributed by atoms with Crippen LogP contribution in [0.15, 0.2) is 0 Å². The van der Waals surface area contributed by atoms with Gasteiger partial charge in [0, 0.05) is 6.85 Å². The summed E-state index contributed by atoms with van der Waals surface area (Å²) < 4.78 is 33.8. The van der Waals surface area contributed by atoms with Crippen LogP contribution in [0.1, 0.15) is 33.4 Å². The summed E-state index contributed by atoms with van der Waals surface area (Å²) in [5.41, 5.74) is 0. The average molecular weight is 63.2 g/mol. The molecule has 0 rings (SSSR count). The predicted molar refractivity (Wildman–Crippen MR) is 20.6 cm³/mol. The van der Waals surface area contributed by atoms with E-state index in [2.05, 4.69) is 0 Å². The highest BCUT2D eigenvalue weighted by Crippen LogP contribution is 1.76. The van der Waals surface area contributed by atoms with E-state index in [-0.39, 0.29) is 6.42 Å². The molecule has 0 aliphatic heterocycles. The normalized spacial score (nSPS) is 32.8. The van der Waals surface area contributed by atoms with E-state index in [0.717, 1.165) is 0 Å². The molecule has 0 N–H and O–H groups in total. The molecule has 0 fully saturated rings. The molecule has 0 atom stereocenters. The lowest BCUT2D eigenvalue weighted by Crippen LogP contribution is -1.47. The third-order valence-electron chi connectivity index (χ3n) is 0.177. The maximum atomic E-state index is 6.89. The van der Waals surface area contributed by atoms with Crippen molar-refractivity contribution in [2.24, 2.45) is 0 Å². The topological polar surface area (TPSA) is 0 Å². The quantitative estimate of drug-likeness (QED) is 0.435. The summed E-state index contributed by atoms with van der Waals surface area (Å²) in [5, 5.41) is 0. The minimum Gasteiger partial charge on any atom is -0.0654 e. The zero-order valence-corrected chi connectivity index (χ0v) is 2.71. The van der Waals surface area contributed by atoms with Gasteiger partial charge >= 0.3 is 0 Å². The molecular formula is C4H10. The second kappa shape index (κ2) is 3.00. The Balaban J connectivity index is 3.75. The molecule has 0 aromatic carbocycles. The molecule has 0 spiro atoms. The summed E-state index contributed by atoms with van der Waals surface area (Å²) in [7, 11) is 0. The van der Waals surface area contributed by atoms with Gasteiger partial charge in [-0.1, -0.05) is 26.6 Å². The van der Waals surface area contributed by atoms with Crippen LogP contribution < -0.4 is 0 Å². The molecule has 0 aromatic heterocycles. The van der Waals surface area contributed by atoms with Gasteiger partial charge in [0.1, 0.15) is 0 Å². The van der Waals surface area contributed by atoms with Crippen LogP contribution in [-0.2, 0) is 0 Å². The van der Waals surface area contributed by atoms with Gasteiger partial charge in [0.2, 0.25) is 0 Å². The van der Waals surface area contributed by atoms with Gasteiger partial charge in [0.15, 0.2) is 0 Å². The van der Waals surface area contributed by atoms with Crippen molar-refractivity contribution < 1.29 is 6.85 Å². The Morgan fingerprint density at radius 1 is 2.25 bits per heavy atom. The van der Waals surface area contributed by atoms with Crippen LogP contribution in [0.3, 0.4) is 0 Å². The van der Waals surface area contributed by atoms with E-state index < -0.39 is 13.2 Å². The predicted octanol–water partition coefficient (Wildman–Crippen LogP) is 1.81. The van der Waals surface area contributed by atoms with Gasteiger partial charge in [-0.2, -0.15) is 0 Å². The second-order valence-corrected chi connectivity index (χ2v) is 0.530. The van der Waals surface area contributed by atoms with Gasteiger partial charge < -0.3 is 0 Å². The molecule has 0 saturated carbocycles. The molecule has 0 radical (unpaired) electrons. The van der Waals surface area contributed by atoms with Crippen LogP contribution in [0.4, 0.5) is 0 Å². The van der Waals surface area contributed by atoms with Crippen molar-refractivity contribution in [2.45, 2.75) is 26.6 Å². The Kier molecular flexibility index (Phi) is 0.422. The maximum Gasteiger partial charge on any atom is 0.0264 e. The molecule has 0 nitrogen and oxygen atoms in total. The van der Waals surface area contributed by atoms with E-state index in [4.69, 9.17) is 6.85 Å². The maximum absolute atomic E-state index is 6.89. The van der Waals surface area contributed by atoms with Crippen LogP contribution in [-0.4, -0.2) is 0 Å². The highest BCUT2D eigenvalue weighted by molar-refractivity contribution is 4.12. The lowest BCUT2D eigenvalue weighted by molar-refractivity contribution is 0.886. The van der Waals surface area contributed by atoms with Crippen molar-refractivity contribution in [3.63, 3.8) is 0 Å². The smallest absolute Gasteiger partial charge is 0.0264 e. The Morgan fingerprint density at radius 2 is 3.00 bits per heavy atom. The molecule has 0 saturated heterocycles. The molecule has 0 unspecified atom stereocenters. The Hall–Kier alpha value is 0. The molecule has 26 valence electrons.